The van der Waals surface area contributed by atoms with Gasteiger partial charge in [0.15, 0.2) is 5.96 Å². The molecule has 1 aromatic rings. The number of halogens is 2. The molecule has 0 fully saturated rings. The molecule has 0 bridgehead atoms. The van der Waals surface area contributed by atoms with Gasteiger partial charge in [0.25, 0.3) is 0 Å². The van der Waals surface area contributed by atoms with Crippen LogP contribution in [0.5, 0.6) is 0 Å². The summed E-state index contributed by atoms with van der Waals surface area (Å²) in [5.74, 6) is 1.48. The predicted octanol–water partition coefficient (Wildman–Crippen LogP) is 3.35. The predicted molar refractivity (Wildman–Crippen MR) is 119 cm³/mol. The second kappa shape index (κ2) is 15.1. The molecule has 0 aliphatic rings. The number of carbonyl (C=O) groups excluding carboxylic acids is 1. The van der Waals surface area contributed by atoms with Gasteiger partial charge in [0, 0.05) is 43.2 Å². The SMILES string of the molecule is CCNC(=NCCC(=O)N(CC)CC)NCCSc1ccc(F)cc1.I. The molecule has 5 nitrogen and oxygen atoms in total. The summed E-state index contributed by atoms with van der Waals surface area (Å²) in [5, 5.41) is 6.43. The minimum absolute atomic E-state index is 0. The number of nitrogens with one attached hydrogen (secondary N) is 2. The lowest BCUT2D eigenvalue weighted by atomic mass is 10.3. The number of hydrogen-bond donors (Lipinski definition) is 2. The fourth-order valence-corrected chi connectivity index (χ4v) is 2.98. The van der Waals surface area contributed by atoms with Gasteiger partial charge in [0.1, 0.15) is 5.82 Å². The van der Waals surface area contributed by atoms with Crippen molar-refractivity contribution in [1.29, 1.82) is 0 Å². The Hall–Kier alpha value is -1.03. The standard InChI is InChI=1S/C18H29FN4OS.HI/c1-4-20-18(21-12-11-17(24)23(5-2)6-3)22-13-14-25-16-9-7-15(19)8-10-16;/h7-10H,4-6,11-14H2,1-3H3,(H2,20,21,22);1H. The van der Waals surface area contributed by atoms with Crippen molar-refractivity contribution < 1.29 is 9.18 Å². The molecule has 0 heterocycles. The van der Waals surface area contributed by atoms with E-state index < -0.39 is 0 Å². The molecule has 0 radical (unpaired) electrons. The largest absolute Gasteiger partial charge is 0.357 e. The lowest BCUT2D eigenvalue weighted by Gasteiger charge is -2.18. The average molecular weight is 496 g/mol. The van der Waals surface area contributed by atoms with Gasteiger partial charge in [-0.25, -0.2) is 4.39 Å². The van der Waals surface area contributed by atoms with E-state index >= 15 is 0 Å². The third-order valence-electron chi connectivity index (χ3n) is 3.53. The molecule has 0 unspecified atom stereocenters. The smallest absolute Gasteiger partial charge is 0.224 e. The molecule has 1 aromatic carbocycles. The molecule has 0 spiro atoms. The van der Waals surface area contributed by atoms with E-state index in [-0.39, 0.29) is 35.7 Å². The summed E-state index contributed by atoms with van der Waals surface area (Å²) >= 11 is 1.66. The number of aliphatic imine (C=N–C) groups is 1. The van der Waals surface area contributed by atoms with Crippen LogP contribution in [-0.4, -0.2) is 55.2 Å². The molecule has 0 saturated carbocycles. The monoisotopic (exact) mass is 496 g/mol. The van der Waals surface area contributed by atoms with Crippen molar-refractivity contribution in [3.8, 4) is 0 Å². The number of hydrogen-bond acceptors (Lipinski definition) is 3. The lowest BCUT2D eigenvalue weighted by molar-refractivity contribution is -0.130. The lowest BCUT2D eigenvalue weighted by Crippen LogP contribution is -2.38. The Morgan fingerprint density at radius 1 is 1.15 bits per heavy atom. The van der Waals surface area contributed by atoms with Crippen LogP contribution in [0.4, 0.5) is 4.39 Å². The van der Waals surface area contributed by atoms with Gasteiger partial charge >= 0.3 is 0 Å². The molecule has 0 aliphatic heterocycles. The molecule has 0 aromatic heterocycles. The molecule has 0 saturated heterocycles. The number of amides is 1. The van der Waals surface area contributed by atoms with Crippen LogP contribution in [0.3, 0.4) is 0 Å². The van der Waals surface area contributed by atoms with E-state index in [4.69, 9.17) is 0 Å². The Morgan fingerprint density at radius 2 is 1.81 bits per heavy atom. The first-order valence-corrected chi connectivity index (χ1v) is 9.77. The Kier molecular flexibility index (Phi) is 14.5. The molecule has 1 amide bonds. The minimum Gasteiger partial charge on any atom is -0.357 e. The van der Waals surface area contributed by atoms with Crippen molar-refractivity contribution in [3.63, 3.8) is 0 Å². The summed E-state index contributed by atoms with van der Waals surface area (Å²) in [5.41, 5.74) is 0. The van der Waals surface area contributed by atoms with Crippen molar-refractivity contribution in [2.45, 2.75) is 32.1 Å². The molecule has 0 aliphatic carbocycles. The van der Waals surface area contributed by atoms with Crippen LogP contribution >= 0.6 is 35.7 Å². The fourth-order valence-electron chi connectivity index (χ4n) is 2.21. The van der Waals surface area contributed by atoms with Gasteiger partial charge in [-0.1, -0.05) is 0 Å². The number of carbonyl (C=O) groups is 1. The fraction of sp³-hybridized carbons (Fsp3) is 0.556. The highest BCUT2D eigenvalue weighted by Gasteiger charge is 2.08. The second-order valence-corrected chi connectivity index (χ2v) is 6.47. The van der Waals surface area contributed by atoms with E-state index in [2.05, 4.69) is 15.6 Å². The number of thioether (sulfide) groups is 1. The second-order valence-electron chi connectivity index (χ2n) is 5.31. The van der Waals surface area contributed by atoms with E-state index in [9.17, 15) is 9.18 Å². The molecule has 26 heavy (non-hydrogen) atoms. The summed E-state index contributed by atoms with van der Waals surface area (Å²) in [7, 11) is 0. The highest BCUT2D eigenvalue weighted by atomic mass is 127. The molecule has 148 valence electrons. The van der Waals surface area contributed by atoms with Crippen LogP contribution in [0.25, 0.3) is 0 Å². The van der Waals surface area contributed by atoms with Crippen LogP contribution in [0.2, 0.25) is 0 Å². The Labute approximate surface area is 177 Å². The highest BCUT2D eigenvalue weighted by Crippen LogP contribution is 2.17. The normalized spacial score (nSPS) is 10.8. The van der Waals surface area contributed by atoms with Crippen LogP contribution in [-0.2, 0) is 4.79 Å². The van der Waals surface area contributed by atoms with Gasteiger partial charge in [-0.3, -0.25) is 9.79 Å². The van der Waals surface area contributed by atoms with Gasteiger partial charge in [-0.2, -0.15) is 0 Å². The van der Waals surface area contributed by atoms with Crippen LogP contribution in [0.15, 0.2) is 34.2 Å². The first-order valence-electron chi connectivity index (χ1n) is 8.79. The summed E-state index contributed by atoms with van der Waals surface area (Å²) in [4.78, 5) is 19.3. The van der Waals surface area contributed by atoms with Crippen molar-refractivity contribution >= 4 is 47.6 Å². The quantitative estimate of drug-likeness (QED) is 0.172. The summed E-state index contributed by atoms with van der Waals surface area (Å²) in [6.45, 7) is 9.40. The van der Waals surface area contributed by atoms with Gasteiger partial charge in [-0.15, -0.1) is 35.7 Å². The molecular weight excluding hydrogens is 466 g/mol. The van der Waals surface area contributed by atoms with Crippen molar-refractivity contribution in [1.82, 2.24) is 15.5 Å². The summed E-state index contributed by atoms with van der Waals surface area (Å²) < 4.78 is 12.9. The Balaban J connectivity index is 0.00000625. The van der Waals surface area contributed by atoms with Crippen molar-refractivity contribution in [2.24, 2.45) is 4.99 Å². The highest BCUT2D eigenvalue weighted by molar-refractivity contribution is 14.0. The average Bonchev–Trinajstić information content (AvgIpc) is 2.61. The number of benzene rings is 1. The Bertz CT molecular complexity index is 538. The third kappa shape index (κ3) is 10.2. The molecule has 2 N–H and O–H groups in total. The molecule has 8 heteroatoms. The number of rotatable bonds is 10. The van der Waals surface area contributed by atoms with Crippen LogP contribution in [0.1, 0.15) is 27.2 Å². The zero-order valence-electron chi connectivity index (χ0n) is 15.8. The first-order chi connectivity index (χ1) is 12.1. The van der Waals surface area contributed by atoms with E-state index in [0.717, 1.165) is 42.8 Å². The molecule has 0 atom stereocenters. The van der Waals surface area contributed by atoms with Crippen molar-refractivity contribution in [3.05, 3.63) is 30.1 Å². The van der Waals surface area contributed by atoms with E-state index in [1.807, 2.05) is 25.7 Å². The summed E-state index contributed by atoms with van der Waals surface area (Å²) in [6, 6.07) is 6.48. The van der Waals surface area contributed by atoms with E-state index in [1.165, 1.54) is 12.1 Å². The van der Waals surface area contributed by atoms with Gasteiger partial charge in [0.2, 0.25) is 5.91 Å². The van der Waals surface area contributed by atoms with Crippen LogP contribution < -0.4 is 10.6 Å². The number of nitrogens with zero attached hydrogens (tertiary/aromatic N) is 2. The van der Waals surface area contributed by atoms with E-state index in [1.54, 1.807) is 23.9 Å². The van der Waals surface area contributed by atoms with Gasteiger partial charge in [-0.05, 0) is 45.0 Å². The number of guanidine groups is 1. The molecule has 1 rings (SSSR count). The summed E-state index contributed by atoms with van der Waals surface area (Å²) in [6.07, 6.45) is 0.419. The third-order valence-corrected chi connectivity index (χ3v) is 4.55. The molecular formula is C18H30FIN4OS. The zero-order chi connectivity index (χ0) is 18.5. The van der Waals surface area contributed by atoms with Gasteiger partial charge < -0.3 is 15.5 Å². The zero-order valence-corrected chi connectivity index (χ0v) is 18.9. The maximum absolute atomic E-state index is 12.9. The minimum atomic E-state index is -0.219. The van der Waals surface area contributed by atoms with E-state index in [0.29, 0.717) is 13.0 Å². The topological polar surface area (TPSA) is 56.7 Å². The van der Waals surface area contributed by atoms with Crippen LogP contribution in [0, 0.1) is 5.82 Å². The maximum Gasteiger partial charge on any atom is 0.224 e. The first kappa shape index (κ1) is 25.0. The van der Waals surface area contributed by atoms with Gasteiger partial charge in [0.05, 0.1) is 6.54 Å². The maximum atomic E-state index is 12.9. The Morgan fingerprint density at radius 3 is 2.38 bits per heavy atom. The van der Waals surface area contributed by atoms with Crippen molar-refractivity contribution in [2.75, 3.05) is 38.5 Å².